The van der Waals surface area contributed by atoms with E-state index in [0.29, 0.717) is 16.9 Å². The Balaban J connectivity index is 3.03. The van der Waals surface area contributed by atoms with Gasteiger partial charge in [0.1, 0.15) is 5.84 Å². The number of halogens is 3. The van der Waals surface area contributed by atoms with Crippen LogP contribution in [0.1, 0.15) is 12.5 Å². The molecule has 1 rings (SSSR count). The zero-order valence-electron chi connectivity index (χ0n) is 11.3. The summed E-state index contributed by atoms with van der Waals surface area (Å²) in [4.78, 5) is 1.57. The molecule has 0 aliphatic heterocycles. The fourth-order valence-electron chi connectivity index (χ4n) is 1.52. The van der Waals surface area contributed by atoms with Crippen LogP contribution in [0.15, 0.2) is 48.2 Å². The summed E-state index contributed by atoms with van der Waals surface area (Å²) in [7, 11) is 1.63. The molecule has 3 nitrogen and oxygen atoms in total. The molecule has 0 bridgehead atoms. The average Bonchev–Trinajstić information content (AvgIpc) is 2.36. The largest absolute Gasteiger partial charge is 0.415 e. The summed E-state index contributed by atoms with van der Waals surface area (Å²) in [5, 5.41) is 7.36. The van der Waals surface area contributed by atoms with Gasteiger partial charge in [0.15, 0.2) is 0 Å². The van der Waals surface area contributed by atoms with E-state index in [2.05, 4.69) is 6.58 Å². The second-order valence-electron chi connectivity index (χ2n) is 4.33. The molecule has 0 fully saturated rings. The number of nitrogens with two attached hydrogens (primary N) is 1. The summed E-state index contributed by atoms with van der Waals surface area (Å²) in [5.41, 5.74) is 6.01. The van der Waals surface area contributed by atoms with Gasteiger partial charge in [-0.15, -0.1) is 0 Å². The molecular weight excluding hydrogens is 267 g/mol. The molecule has 0 amide bonds. The Hall–Kier alpha value is -2.24. The van der Waals surface area contributed by atoms with Crippen LogP contribution in [0.4, 0.5) is 18.9 Å². The van der Waals surface area contributed by atoms with E-state index < -0.39 is 11.7 Å². The summed E-state index contributed by atoms with van der Waals surface area (Å²) < 4.78 is 37.3. The van der Waals surface area contributed by atoms with E-state index in [1.165, 1.54) is 0 Å². The van der Waals surface area contributed by atoms with E-state index in [1.807, 2.05) is 0 Å². The van der Waals surface area contributed by atoms with Crippen molar-refractivity contribution in [2.45, 2.75) is 13.1 Å². The number of hydrogen-bond donors (Lipinski definition) is 2. The third-order valence-electron chi connectivity index (χ3n) is 2.82. The first-order valence-electron chi connectivity index (χ1n) is 5.75. The van der Waals surface area contributed by atoms with E-state index in [4.69, 9.17) is 11.1 Å². The molecule has 0 spiro atoms. The van der Waals surface area contributed by atoms with E-state index in [-0.39, 0.29) is 5.84 Å². The van der Waals surface area contributed by atoms with Crippen LogP contribution in [0.25, 0.3) is 0 Å². The number of benzene rings is 1. The van der Waals surface area contributed by atoms with Gasteiger partial charge in [-0.25, -0.2) is 0 Å². The van der Waals surface area contributed by atoms with Gasteiger partial charge in [0, 0.05) is 24.0 Å². The Morgan fingerprint density at radius 2 is 2.00 bits per heavy atom. The van der Waals surface area contributed by atoms with Gasteiger partial charge < -0.3 is 10.6 Å². The van der Waals surface area contributed by atoms with Gasteiger partial charge in [-0.2, -0.15) is 13.2 Å². The zero-order chi connectivity index (χ0) is 15.5. The van der Waals surface area contributed by atoms with Gasteiger partial charge >= 0.3 is 6.18 Å². The van der Waals surface area contributed by atoms with Crippen LogP contribution in [-0.2, 0) is 0 Å². The second-order valence-corrected chi connectivity index (χ2v) is 4.33. The number of hydrogen-bond acceptors (Lipinski definition) is 2. The lowest BCUT2D eigenvalue weighted by molar-refractivity contribution is -0.0878. The van der Waals surface area contributed by atoms with Crippen molar-refractivity contribution in [3.05, 3.63) is 53.8 Å². The fraction of sp³-hybridized carbons (Fsp3) is 0.214. The van der Waals surface area contributed by atoms with Crippen LogP contribution in [0.5, 0.6) is 0 Å². The monoisotopic (exact) mass is 283 g/mol. The zero-order valence-corrected chi connectivity index (χ0v) is 11.3. The first-order valence-corrected chi connectivity index (χ1v) is 5.75. The summed E-state index contributed by atoms with van der Waals surface area (Å²) >= 11 is 0. The van der Waals surface area contributed by atoms with Crippen LogP contribution >= 0.6 is 0 Å². The first-order chi connectivity index (χ1) is 9.12. The molecule has 1 aromatic rings. The smallest absolute Gasteiger partial charge is 0.384 e. The summed E-state index contributed by atoms with van der Waals surface area (Å²) in [6.45, 7) is 4.56. The van der Waals surface area contributed by atoms with Crippen molar-refractivity contribution in [2.24, 2.45) is 5.73 Å². The lowest BCUT2D eigenvalue weighted by Crippen LogP contribution is -2.18. The number of allylic oxidation sites excluding steroid dienone is 3. The second kappa shape index (κ2) is 5.81. The SMILES string of the molecule is C=C(/C=C(/C)N(C)c1cccc(C(=N)N)c1)C(F)(F)F. The van der Waals surface area contributed by atoms with Crippen LogP contribution in [0.3, 0.4) is 0 Å². The summed E-state index contributed by atoms with van der Waals surface area (Å²) in [5.74, 6) is -0.0958. The Labute approximate surface area is 115 Å². The van der Waals surface area contributed by atoms with Crippen molar-refractivity contribution in [3.8, 4) is 0 Å². The highest BCUT2D eigenvalue weighted by Crippen LogP contribution is 2.27. The quantitative estimate of drug-likeness (QED) is 0.505. The minimum atomic E-state index is -4.44. The molecule has 0 unspecified atom stereocenters. The van der Waals surface area contributed by atoms with Gasteiger partial charge in [-0.05, 0) is 25.1 Å². The Morgan fingerprint density at radius 1 is 1.40 bits per heavy atom. The van der Waals surface area contributed by atoms with Crippen molar-refractivity contribution in [1.29, 1.82) is 5.41 Å². The molecule has 3 N–H and O–H groups in total. The minimum Gasteiger partial charge on any atom is -0.384 e. The number of alkyl halides is 3. The summed E-state index contributed by atoms with van der Waals surface area (Å²) in [6, 6.07) is 6.71. The van der Waals surface area contributed by atoms with Crippen molar-refractivity contribution >= 4 is 11.5 Å². The molecule has 108 valence electrons. The van der Waals surface area contributed by atoms with Gasteiger partial charge in [0.25, 0.3) is 0 Å². The van der Waals surface area contributed by atoms with Crippen LogP contribution in [0.2, 0.25) is 0 Å². The van der Waals surface area contributed by atoms with Crippen LogP contribution < -0.4 is 10.6 Å². The number of nitrogens with zero attached hydrogens (tertiary/aromatic N) is 1. The number of amidine groups is 1. The number of anilines is 1. The lowest BCUT2D eigenvalue weighted by atomic mass is 10.1. The molecule has 6 heteroatoms. The maximum atomic E-state index is 12.4. The molecule has 0 saturated carbocycles. The highest BCUT2D eigenvalue weighted by Gasteiger charge is 2.30. The predicted octanol–water partition coefficient (Wildman–Crippen LogP) is 3.43. The van der Waals surface area contributed by atoms with Crippen molar-refractivity contribution in [2.75, 3.05) is 11.9 Å². The van der Waals surface area contributed by atoms with E-state index in [1.54, 1.807) is 43.1 Å². The third kappa shape index (κ3) is 3.88. The van der Waals surface area contributed by atoms with Crippen LogP contribution in [-0.4, -0.2) is 19.1 Å². The number of nitrogen functional groups attached to an aromatic ring is 1. The molecule has 0 aromatic heterocycles. The maximum absolute atomic E-state index is 12.4. The molecule has 0 radical (unpaired) electrons. The maximum Gasteiger partial charge on any atom is 0.415 e. The molecule has 0 aliphatic carbocycles. The van der Waals surface area contributed by atoms with Crippen LogP contribution in [0, 0.1) is 5.41 Å². The third-order valence-corrected chi connectivity index (χ3v) is 2.82. The molecule has 0 atom stereocenters. The minimum absolute atomic E-state index is 0.0958. The highest BCUT2D eigenvalue weighted by molar-refractivity contribution is 5.95. The topological polar surface area (TPSA) is 53.1 Å². The lowest BCUT2D eigenvalue weighted by Gasteiger charge is -2.21. The number of nitrogens with one attached hydrogen (secondary N) is 1. The average molecular weight is 283 g/mol. The fourth-order valence-corrected chi connectivity index (χ4v) is 1.52. The molecular formula is C14H16F3N3. The molecule has 0 saturated heterocycles. The predicted molar refractivity (Wildman–Crippen MR) is 74.8 cm³/mol. The molecule has 0 heterocycles. The standard InChI is InChI=1S/C14H16F3N3/c1-9(14(15,16)17)7-10(2)20(3)12-6-4-5-11(8-12)13(18)19/h4-8H,1H2,2-3H3,(H3,18,19)/b10-7-. The first kappa shape index (κ1) is 15.8. The van der Waals surface area contributed by atoms with Gasteiger partial charge in [0.2, 0.25) is 0 Å². The Kier molecular flexibility index (Phi) is 4.60. The van der Waals surface area contributed by atoms with Gasteiger partial charge in [-0.3, -0.25) is 5.41 Å². The summed E-state index contributed by atoms with van der Waals surface area (Å²) in [6.07, 6.45) is -3.47. The van der Waals surface area contributed by atoms with Crippen molar-refractivity contribution in [1.82, 2.24) is 0 Å². The van der Waals surface area contributed by atoms with Gasteiger partial charge in [-0.1, -0.05) is 18.7 Å². The Morgan fingerprint density at radius 3 is 2.50 bits per heavy atom. The van der Waals surface area contributed by atoms with Gasteiger partial charge in [0.05, 0.1) is 5.57 Å². The number of rotatable bonds is 4. The van der Waals surface area contributed by atoms with E-state index in [0.717, 1.165) is 6.08 Å². The molecule has 0 aliphatic rings. The van der Waals surface area contributed by atoms with Crippen molar-refractivity contribution < 1.29 is 13.2 Å². The Bertz CT molecular complexity index is 559. The van der Waals surface area contributed by atoms with Crippen molar-refractivity contribution in [3.63, 3.8) is 0 Å². The highest BCUT2D eigenvalue weighted by atomic mass is 19.4. The van der Waals surface area contributed by atoms with E-state index in [9.17, 15) is 13.2 Å². The van der Waals surface area contributed by atoms with E-state index >= 15 is 0 Å². The normalized spacial score (nSPS) is 12.2. The molecule has 1 aromatic carbocycles. The molecule has 20 heavy (non-hydrogen) atoms.